The Morgan fingerprint density at radius 3 is 2.52 bits per heavy atom. The van der Waals surface area contributed by atoms with Gasteiger partial charge in [-0.25, -0.2) is 0 Å². The summed E-state index contributed by atoms with van der Waals surface area (Å²) < 4.78 is 1.14. The number of nitrogens with one attached hydrogen (secondary N) is 1. The van der Waals surface area contributed by atoms with Crippen LogP contribution in [0, 0.1) is 5.92 Å². The molecule has 118 valence electrons. The van der Waals surface area contributed by atoms with E-state index in [1.165, 1.54) is 11.3 Å². The van der Waals surface area contributed by atoms with Crippen LogP contribution in [-0.4, -0.2) is 30.3 Å². The summed E-state index contributed by atoms with van der Waals surface area (Å²) in [6.45, 7) is 8.42. The van der Waals surface area contributed by atoms with Crippen molar-refractivity contribution in [2.24, 2.45) is 5.92 Å². The van der Waals surface area contributed by atoms with Gasteiger partial charge in [0, 0.05) is 30.1 Å². The van der Waals surface area contributed by atoms with Gasteiger partial charge in [-0.05, 0) is 73.2 Å². The fraction of sp³-hybridized carbons (Fsp3) is 0.647. The van der Waals surface area contributed by atoms with Crippen LogP contribution < -0.4 is 10.2 Å². The molecule has 1 aliphatic rings. The Labute approximate surface area is 136 Å². The Bertz CT molecular complexity index is 478. The van der Waals surface area contributed by atoms with Gasteiger partial charge >= 0.3 is 0 Å². The smallest absolute Gasteiger partial charge is 0.0546 e. The highest BCUT2D eigenvalue weighted by Gasteiger charge is 2.28. The SMILES string of the molecule is CN(CC1CC(O)C1)c1ccc(CNC(C)(C)C)cc1Br. The van der Waals surface area contributed by atoms with Gasteiger partial charge in [0.2, 0.25) is 0 Å². The Balaban J connectivity index is 1.95. The summed E-state index contributed by atoms with van der Waals surface area (Å²) in [7, 11) is 2.12. The van der Waals surface area contributed by atoms with Gasteiger partial charge in [0.15, 0.2) is 0 Å². The van der Waals surface area contributed by atoms with Gasteiger partial charge in [0.1, 0.15) is 0 Å². The maximum atomic E-state index is 9.38. The zero-order valence-electron chi connectivity index (χ0n) is 13.5. The molecule has 2 rings (SSSR count). The van der Waals surface area contributed by atoms with Crippen molar-refractivity contribution >= 4 is 21.6 Å². The summed E-state index contributed by atoms with van der Waals surface area (Å²) in [4.78, 5) is 2.28. The maximum absolute atomic E-state index is 9.38. The third-order valence-corrected chi connectivity index (χ3v) is 4.62. The second kappa shape index (κ2) is 6.67. The highest BCUT2D eigenvalue weighted by Crippen LogP contribution is 2.32. The number of halogens is 1. The van der Waals surface area contributed by atoms with E-state index < -0.39 is 0 Å². The first-order valence-corrected chi connectivity index (χ1v) is 8.46. The molecule has 0 bridgehead atoms. The standard InChI is InChI=1S/C17H27BrN2O/c1-17(2,3)19-10-12-5-6-16(15(18)9-12)20(4)11-13-7-14(21)8-13/h5-6,9,13-14,19,21H,7-8,10-11H2,1-4H3. The first-order valence-electron chi connectivity index (χ1n) is 7.67. The molecule has 1 saturated carbocycles. The molecule has 21 heavy (non-hydrogen) atoms. The number of benzene rings is 1. The molecule has 1 fully saturated rings. The lowest BCUT2D eigenvalue weighted by Crippen LogP contribution is -2.37. The van der Waals surface area contributed by atoms with E-state index in [9.17, 15) is 5.11 Å². The zero-order valence-corrected chi connectivity index (χ0v) is 15.1. The molecule has 0 amide bonds. The summed E-state index contributed by atoms with van der Waals surface area (Å²) >= 11 is 3.69. The van der Waals surface area contributed by atoms with E-state index in [1.54, 1.807) is 0 Å². The van der Waals surface area contributed by atoms with E-state index in [0.29, 0.717) is 5.92 Å². The van der Waals surface area contributed by atoms with Crippen LogP contribution in [0.3, 0.4) is 0 Å². The first kappa shape index (κ1) is 16.8. The molecular weight excluding hydrogens is 328 g/mol. The number of anilines is 1. The molecule has 1 aliphatic carbocycles. The summed E-state index contributed by atoms with van der Waals surface area (Å²) in [6, 6.07) is 6.56. The predicted octanol–water partition coefficient (Wildman–Crippen LogP) is 3.54. The fourth-order valence-corrected chi connectivity index (χ4v) is 3.40. The van der Waals surface area contributed by atoms with Gasteiger partial charge < -0.3 is 15.3 Å². The molecule has 0 aromatic heterocycles. The molecule has 3 nitrogen and oxygen atoms in total. The lowest BCUT2D eigenvalue weighted by atomic mass is 9.82. The van der Waals surface area contributed by atoms with Gasteiger partial charge in [-0.3, -0.25) is 0 Å². The summed E-state index contributed by atoms with van der Waals surface area (Å²) in [6.07, 6.45) is 1.81. The molecule has 0 saturated heterocycles. The number of nitrogens with zero attached hydrogens (tertiary/aromatic N) is 1. The molecule has 2 N–H and O–H groups in total. The van der Waals surface area contributed by atoms with E-state index in [2.05, 4.69) is 72.2 Å². The summed E-state index contributed by atoms with van der Waals surface area (Å²) in [5.74, 6) is 0.624. The van der Waals surface area contributed by atoms with E-state index in [-0.39, 0.29) is 11.6 Å². The Kier molecular flexibility index (Phi) is 5.33. The van der Waals surface area contributed by atoms with Crippen LogP contribution >= 0.6 is 15.9 Å². The maximum Gasteiger partial charge on any atom is 0.0546 e. The van der Waals surface area contributed by atoms with Crippen LogP contribution in [-0.2, 0) is 6.54 Å². The van der Waals surface area contributed by atoms with Crippen molar-refractivity contribution in [3.63, 3.8) is 0 Å². The molecule has 0 atom stereocenters. The van der Waals surface area contributed by atoms with Crippen LogP contribution in [0.5, 0.6) is 0 Å². The largest absolute Gasteiger partial charge is 0.393 e. The number of hydrogen-bond donors (Lipinski definition) is 2. The fourth-order valence-electron chi connectivity index (χ4n) is 2.67. The van der Waals surface area contributed by atoms with E-state index >= 15 is 0 Å². The average Bonchev–Trinajstić information content (AvgIpc) is 2.33. The van der Waals surface area contributed by atoms with E-state index in [4.69, 9.17) is 0 Å². The minimum Gasteiger partial charge on any atom is -0.393 e. The number of rotatable bonds is 5. The molecule has 0 spiro atoms. The predicted molar refractivity (Wildman–Crippen MR) is 92.7 cm³/mol. The van der Waals surface area contributed by atoms with Crippen LogP contribution in [0.15, 0.2) is 22.7 Å². The molecule has 0 unspecified atom stereocenters. The second-order valence-electron chi connectivity index (χ2n) is 7.26. The van der Waals surface area contributed by atoms with Crippen molar-refractivity contribution in [3.05, 3.63) is 28.2 Å². The van der Waals surface area contributed by atoms with Crippen molar-refractivity contribution in [1.82, 2.24) is 5.32 Å². The quantitative estimate of drug-likeness (QED) is 0.848. The lowest BCUT2D eigenvalue weighted by Gasteiger charge is -2.35. The van der Waals surface area contributed by atoms with Crippen molar-refractivity contribution < 1.29 is 5.11 Å². The third kappa shape index (κ3) is 4.97. The molecule has 1 aromatic rings. The van der Waals surface area contributed by atoms with Crippen molar-refractivity contribution in [1.29, 1.82) is 0 Å². The Morgan fingerprint density at radius 1 is 1.33 bits per heavy atom. The van der Waals surface area contributed by atoms with Crippen LogP contribution in [0.1, 0.15) is 39.2 Å². The topological polar surface area (TPSA) is 35.5 Å². The number of hydrogen-bond acceptors (Lipinski definition) is 3. The van der Waals surface area contributed by atoms with Gasteiger partial charge in [-0.1, -0.05) is 6.07 Å². The van der Waals surface area contributed by atoms with Crippen LogP contribution in [0.2, 0.25) is 0 Å². The Morgan fingerprint density at radius 2 is 2.00 bits per heavy atom. The minimum absolute atomic E-state index is 0.0716. The first-order chi connectivity index (χ1) is 9.74. The lowest BCUT2D eigenvalue weighted by molar-refractivity contribution is 0.0464. The molecule has 4 heteroatoms. The van der Waals surface area contributed by atoms with E-state index in [1.807, 2.05) is 0 Å². The summed E-state index contributed by atoms with van der Waals surface area (Å²) in [5, 5.41) is 12.9. The highest BCUT2D eigenvalue weighted by atomic mass is 79.9. The minimum atomic E-state index is -0.0716. The van der Waals surface area contributed by atoms with Gasteiger partial charge in [0.05, 0.1) is 11.8 Å². The van der Waals surface area contributed by atoms with Crippen LogP contribution in [0.25, 0.3) is 0 Å². The summed E-state index contributed by atoms with van der Waals surface area (Å²) in [5.41, 5.74) is 2.64. The number of aliphatic hydroxyl groups excluding tert-OH is 1. The number of aliphatic hydroxyl groups is 1. The second-order valence-corrected chi connectivity index (χ2v) is 8.12. The zero-order chi connectivity index (χ0) is 15.6. The van der Waals surface area contributed by atoms with Gasteiger partial charge in [0.25, 0.3) is 0 Å². The van der Waals surface area contributed by atoms with Crippen molar-refractivity contribution in [2.75, 3.05) is 18.5 Å². The normalized spacial score (nSPS) is 22.0. The Hall–Kier alpha value is -0.580. The average molecular weight is 355 g/mol. The van der Waals surface area contributed by atoms with Crippen molar-refractivity contribution in [2.45, 2.75) is 51.8 Å². The molecule has 0 aliphatic heterocycles. The van der Waals surface area contributed by atoms with Crippen molar-refractivity contribution in [3.8, 4) is 0 Å². The molecular formula is C17H27BrN2O. The molecule has 1 aromatic carbocycles. The van der Waals surface area contributed by atoms with Gasteiger partial charge in [-0.15, -0.1) is 0 Å². The molecule has 0 radical (unpaired) electrons. The monoisotopic (exact) mass is 354 g/mol. The van der Waals surface area contributed by atoms with Crippen LogP contribution in [0.4, 0.5) is 5.69 Å². The third-order valence-electron chi connectivity index (χ3n) is 3.99. The van der Waals surface area contributed by atoms with Gasteiger partial charge in [-0.2, -0.15) is 0 Å². The van der Waals surface area contributed by atoms with E-state index in [0.717, 1.165) is 30.4 Å². The highest BCUT2D eigenvalue weighted by molar-refractivity contribution is 9.10. The molecule has 0 heterocycles.